The number of rotatable bonds is 6. The lowest BCUT2D eigenvalue weighted by Gasteiger charge is -2.09. The van der Waals surface area contributed by atoms with Crippen LogP contribution in [0, 0.1) is 5.41 Å². The molecule has 0 aromatic heterocycles. The summed E-state index contributed by atoms with van der Waals surface area (Å²) in [5.41, 5.74) is 7.45. The first kappa shape index (κ1) is 14.6. The molecule has 2 aromatic carbocycles. The molecule has 0 amide bonds. The molecule has 0 saturated heterocycles. The molecule has 2 aromatic rings. The summed E-state index contributed by atoms with van der Waals surface area (Å²) >= 11 is 3.44. The van der Waals surface area contributed by atoms with Crippen LogP contribution in [0.4, 0.5) is 0 Å². The van der Waals surface area contributed by atoms with Crippen molar-refractivity contribution in [3.05, 3.63) is 64.1 Å². The van der Waals surface area contributed by atoms with E-state index in [2.05, 4.69) is 28.1 Å². The van der Waals surface area contributed by atoms with Gasteiger partial charge in [0.15, 0.2) is 0 Å². The average Bonchev–Trinajstić information content (AvgIpc) is 2.46. The Labute approximate surface area is 127 Å². The Hall–Kier alpha value is -1.81. The number of halogens is 1. The zero-order valence-corrected chi connectivity index (χ0v) is 12.7. The minimum absolute atomic E-state index is 0.0568. The molecule has 0 saturated carbocycles. The van der Waals surface area contributed by atoms with Crippen LogP contribution in [0.2, 0.25) is 0 Å². The fourth-order valence-corrected chi connectivity index (χ4v) is 2.38. The number of benzene rings is 2. The van der Waals surface area contributed by atoms with Crippen LogP contribution in [0.5, 0.6) is 5.75 Å². The van der Waals surface area contributed by atoms with Crippen LogP contribution < -0.4 is 10.5 Å². The quantitative estimate of drug-likeness (QED) is 0.481. The molecule has 0 aliphatic carbocycles. The number of hydrogen-bond donors (Lipinski definition) is 2. The average molecular weight is 333 g/mol. The molecule has 0 fully saturated rings. The highest BCUT2D eigenvalue weighted by atomic mass is 79.9. The maximum absolute atomic E-state index is 7.38. The molecule has 20 heavy (non-hydrogen) atoms. The third-order valence-electron chi connectivity index (χ3n) is 2.95. The maximum Gasteiger partial charge on any atom is 0.133 e. The second kappa shape index (κ2) is 7.10. The van der Waals surface area contributed by atoms with E-state index in [0.717, 1.165) is 23.1 Å². The molecule has 2 rings (SSSR count). The van der Waals surface area contributed by atoms with E-state index >= 15 is 0 Å². The van der Waals surface area contributed by atoms with Crippen LogP contribution in [0.3, 0.4) is 0 Å². The predicted octanol–water partition coefficient (Wildman–Crippen LogP) is 3.74. The maximum atomic E-state index is 7.38. The van der Waals surface area contributed by atoms with E-state index < -0.39 is 0 Å². The van der Waals surface area contributed by atoms with Crippen molar-refractivity contribution in [2.24, 2.45) is 5.73 Å². The second-order valence-electron chi connectivity index (χ2n) is 4.50. The van der Waals surface area contributed by atoms with Crippen molar-refractivity contribution in [1.82, 2.24) is 0 Å². The topological polar surface area (TPSA) is 59.1 Å². The Balaban J connectivity index is 1.84. The van der Waals surface area contributed by atoms with Crippen molar-refractivity contribution in [2.75, 3.05) is 6.61 Å². The van der Waals surface area contributed by atoms with E-state index in [0.29, 0.717) is 12.2 Å². The molecule has 104 valence electrons. The summed E-state index contributed by atoms with van der Waals surface area (Å²) in [4.78, 5) is 0. The van der Waals surface area contributed by atoms with E-state index in [9.17, 15) is 0 Å². The summed E-state index contributed by atoms with van der Waals surface area (Å²) in [5, 5.41) is 7.38. The third kappa shape index (κ3) is 4.10. The summed E-state index contributed by atoms with van der Waals surface area (Å²) in [6.07, 6.45) is 1.97. The van der Waals surface area contributed by atoms with Gasteiger partial charge in [-0.25, -0.2) is 0 Å². The van der Waals surface area contributed by atoms with Gasteiger partial charge in [-0.2, -0.15) is 0 Å². The summed E-state index contributed by atoms with van der Waals surface area (Å²) in [6.45, 7) is 0.660. The Morgan fingerprint density at radius 2 is 1.90 bits per heavy atom. The van der Waals surface area contributed by atoms with Crippen LogP contribution in [0.1, 0.15) is 17.5 Å². The molecule has 0 unspecified atom stereocenters. The molecule has 0 aliphatic heterocycles. The van der Waals surface area contributed by atoms with Crippen LogP contribution in [0.15, 0.2) is 53.0 Å². The van der Waals surface area contributed by atoms with E-state index in [4.69, 9.17) is 15.9 Å². The van der Waals surface area contributed by atoms with Gasteiger partial charge in [-0.15, -0.1) is 0 Å². The number of nitrogen functional groups attached to an aromatic ring is 1. The number of hydrogen-bond acceptors (Lipinski definition) is 2. The van der Waals surface area contributed by atoms with Crippen molar-refractivity contribution in [2.45, 2.75) is 12.8 Å². The zero-order valence-electron chi connectivity index (χ0n) is 11.1. The molecule has 3 nitrogen and oxygen atoms in total. The van der Waals surface area contributed by atoms with Gasteiger partial charge in [-0.05, 0) is 52.5 Å². The summed E-state index contributed by atoms with van der Waals surface area (Å²) in [7, 11) is 0. The van der Waals surface area contributed by atoms with Gasteiger partial charge < -0.3 is 10.5 Å². The van der Waals surface area contributed by atoms with Crippen molar-refractivity contribution < 1.29 is 4.74 Å². The van der Waals surface area contributed by atoms with Gasteiger partial charge >= 0.3 is 0 Å². The standard InChI is InChI=1S/C16H17BrN2O/c17-14-11-13(16(18)19)8-9-15(14)20-10-4-7-12-5-2-1-3-6-12/h1-3,5-6,8-9,11H,4,7,10H2,(H3,18,19). The van der Waals surface area contributed by atoms with E-state index in [1.165, 1.54) is 5.56 Å². The lowest BCUT2D eigenvalue weighted by atomic mass is 10.1. The number of nitrogens with one attached hydrogen (secondary N) is 1. The van der Waals surface area contributed by atoms with Gasteiger partial charge in [0.25, 0.3) is 0 Å². The summed E-state index contributed by atoms with van der Waals surface area (Å²) in [5.74, 6) is 0.837. The molecule has 3 N–H and O–H groups in total. The molecule has 0 bridgehead atoms. The molecular formula is C16H17BrN2O. The molecule has 0 aliphatic rings. The highest BCUT2D eigenvalue weighted by molar-refractivity contribution is 9.10. The minimum Gasteiger partial charge on any atom is -0.492 e. The fraction of sp³-hybridized carbons (Fsp3) is 0.188. The number of ether oxygens (including phenoxy) is 1. The van der Waals surface area contributed by atoms with E-state index in [1.54, 1.807) is 12.1 Å². The lowest BCUT2D eigenvalue weighted by molar-refractivity contribution is 0.309. The number of aryl methyl sites for hydroxylation is 1. The van der Waals surface area contributed by atoms with Crippen molar-refractivity contribution >= 4 is 21.8 Å². The van der Waals surface area contributed by atoms with E-state index in [-0.39, 0.29) is 5.84 Å². The summed E-state index contributed by atoms with van der Waals surface area (Å²) in [6, 6.07) is 15.8. The van der Waals surface area contributed by atoms with Crippen molar-refractivity contribution in [1.29, 1.82) is 5.41 Å². The van der Waals surface area contributed by atoms with E-state index in [1.807, 2.05) is 24.3 Å². The van der Waals surface area contributed by atoms with Crippen LogP contribution in [-0.2, 0) is 6.42 Å². The first-order chi connectivity index (χ1) is 9.66. The van der Waals surface area contributed by atoms with Gasteiger partial charge in [0.2, 0.25) is 0 Å². The molecular weight excluding hydrogens is 316 g/mol. The van der Waals surface area contributed by atoms with Crippen LogP contribution in [0.25, 0.3) is 0 Å². The highest BCUT2D eigenvalue weighted by Gasteiger charge is 2.04. The Kier molecular flexibility index (Phi) is 5.18. The second-order valence-corrected chi connectivity index (χ2v) is 5.35. The van der Waals surface area contributed by atoms with Gasteiger partial charge in [-0.1, -0.05) is 30.3 Å². The first-order valence-corrected chi connectivity index (χ1v) is 7.27. The third-order valence-corrected chi connectivity index (χ3v) is 3.57. The van der Waals surface area contributed by atoms with Gasteiger partial charge in [-0.3, -0.25) is 5.41 Å². The zero-order chi connectivity index (χ0) is 14.4. The SMILES string of the molecule is N=C(N)c1ccc(OCCCc2ccccc2)c(Br)c1. The van der Waals surface area contributed by atoms with Gasteiger partial charge in [0, 0.05) is 5.56 Å². The Bertz CT molecular complexity index is 584. The predicted molar refractivity (Wildman–Crippen MR) is 85.4 cm³/mol. The lowest BCUT2D eigenvalue weighted by Crippen LogP contribution is -2.11. The molecule has 4 heteroatoms. The van der Waals surface area contributed by atoms with Gasteiger partial charge in [0.1, 0.15) is 11.6 Å². The summed E-state index contributed by atoms with van der Waals surface area (Å²) < 4.78 is 6.56. The van der Waals surface area contributed by atoms with Crippen LogP contribution in [-0.4, -0.2) is 12.4 Å². The molecule has 0 heterocycles. The Morgan fingerprint density at radius 3 is 2.55 bits per heavy atom. The number of amidine groups is 1. The number of nitrogens with two attached hydrogens (primary N) is 1. The monoisotopic (exact) mass is 332 g/mol. The largest absolute Gasteiger partial charge is 0.492 e. The molecule has 0 spiro atoms. The first-order valence-electron chi connectivity index (χ1n) is 6.47. The minimum atomic E-state index is 0.0568. The van der Waals surface area contributed by atoms with Crippen molar-refractivity contribution in [3.63, 3.8) is 0 Å². The fourth-order valence-electron chi connectivity index (χ4n) is 1.89. The molecule has 0 radical (unpaired) electrons. The van der Waals surface area contributed by atoms with Crippen molar-refractivity contribution in [3.8, 4) is 5.75 Å². The van der Waals surface area contributed by atoms with Gasteiger partial charge in [0.05, 0.1) is 11.1 Å². The normalized spacial score (nSPS) is 10.2. The smallest absolute Gasteiger partial charge is 0.133 e. The van der Waals surface area contributed by atoms with Crippen LogP contribution >= 0.6 is 15.9 Å². The highest BCUT2D eigenvalue weighted by Crippen LogP contribution is 2.26. The Morgan fingerprint density at radius 1 is 1.15 bits per heavy atom. The molecule has 0 atom stereocenters.